The number of rotatable bonds is 3. The molecule has 2 heteroatoms. The highest BCUT2D eigenvalue weighted by Crippen LogP contribution is 2.21. The maximum Gasteiger partial charge on any atom is 0.131 e. The maximum absolute atomic E-state index is 5.82. The van der Waals surface area contributed by atoms with E-state index in [2.05, 4.69) is 37.0 Å². The van der Waals surface area contributed by atoms with Gasteiger partial charge in [-0.1, -0.05) is 32.0 Å². The first-order chi connectivity index (χ1) is 7.66. The Balaban J connectivity index is 2.30. The van der Waals surface area contributed by atoms with Crippen molar-refractivity contribution in [3.8, 4) is 0 Å². The molecule has 0 bridgehead atoms. The third-order valence-corrected chi connectivity index (χ3v) is 2.87. The highest BCUT2D eigenvalue weighted by atomic mass is 14.8. The number of hydrogen-bond donors (Lipinski definition) is 1. The topological polar surface area (TPSA) is 38.9 Å². The molecule has 2 rings (SSSR count). The van der Waals surface area contributed by atoms with Crippen LogP contribution in [0.3, 0.4) is 0 Å². The number of pyridine rings is 1. The lowest BCUT2D eigenvalue weighted by Gasteiger charge is -2.07. The van der Waals surface area contributed by atoms with Crippen molar-refractivity contribution < 1.29 is 0 Å². The Labute approximate surface area is 96.5 Å². The molecular weight excluding hydrogens is 196 g/mol. The molecule has 0 amide bonds. The van der Waals surface area contributed by atoms with Crippen LogP contribution in [0.15, 0.2) is 30.5 Å². The minimum absolute atomic E-state index is 0.618. The molecule has 0 aliphatic rings. The molecule has 0 radical (unpaired) electrons. The van der Waals surface area contributed by atoms with E-state index in [1.807, 2.05) is 6.07 Å². The molecule has 2 N–H and O–H groups in total. The standard InChI is InChI=1S/C14H18N2/c1-10(2)3-4-11-5-6-13-12(9-11)7-8-16-14(13)15/h5-10H,3-4H2,1-2H3,(H2,15,16). The summed E-state index contributed by atoms with van der Waals surface area (Å²) in [7, 11) is 0. The third-order valence-electron chi connectivity index (χ3n) is 2.87. The number of aryl methyl sites for hydroxylation is 1. The van der Waals surface area contributed by atoms with E-state index in [4.69, 9.17) is 5.73 Å². The molecule has 0 aliphatic heterocycles. The summed E-state index contributed by atoms with van der Waals surface area (Å²) in [5, 5.41) is 2.24. The Morgan fingerprint density at radius 3 is 2.81 bits per heavy atom. The normalized spacial score (nSPS) is 11.2. The fourth-order valence-electron chi connectivity index (χ4n) is 1.86. The van der Waals surface area contributed by atoms with Gasteiger partial charge in [-0.25, -0.2) is 4.98 Å². The molecule has 1 heterocycles. The molecule has 16 heavy (non-hydrogen) atoms. The predicted molar refractivity (Wildman–Crippen MR) is 69.3 cm³/mol. The first-order valence-electron chi connectivity index (χ1n) is 5.80. The number of benzene rings is 1. The van der Waals surface area contributed by atoms with Crippen molar-refractivity contribution in [3.63, 3.8) is 0 Å². The van der Waals surface area contributed by atoms with Crippen LogP contribution >= 0.6 is 0 Å². The fraction of sp³-hybridized carbons (Fsp3) is 0.357. The van der Waals surface area contributed by atoms with E-state index in [9.17, 15) is 0 Å². The number of nitrogens with zero attached hydrogens (tertiary/aromatic N) is 1. The van der Waals surface area contributed by atoms with Gasteiger partial charge in [-0.15, -0.1) is 0 Å². The maximum atomic E-state index is 5.82. The number of fused-ring (bicyclic) bond motifs is 1. The van der Waals surface area contributed by atoms with Crippen molar-refractivity contribution in [3.05, 3.63) is 36.0 Å². The van der Waals surface area contributed by atoms with Gasteiger partial charge in [-0.3, -0.25) is 0 Å². The number of anilines is 1. The number of nitrogen functional groups attached to an aromatic ring is 1. The summed E-state index contributed by atoms with van der Waals surface area (Å²) in [6, 6.07) is 8.47. The Bertz CT molecular complexity index is 489. The van der Waals surface area contributed by atoms with Crippen molar-refractivity contribution >= 4 is 16.6 Å². The zero-order valence-corrected chi connectivity index (χ0v) is 9.90. The van der Waals surface area contributed by atoms with Crippen molar-refractivity contribution in [2.24, 2.45) is 5.92 Å². The molecule has 0 saturated carbocycles. The molecule has 0 aliphatic carbocycles. The Kier molecular flexibility index (Phi) is 3.09. The second-order valence-corrected chi connectivity index (χ2v) is 4.68. The van der Waals surface area contributed by atoms with Crippen molar-refractivity contribution in [2.45, 2.75) is 26.7 Å². The van der Waals surface area contributed by atoms with E-state index in [0.717, 1.165) is 17.7 Å². The SMILES string of the molecule is CC(C)CCc1ccc2c(N)nccc2c1. The van der Waals surface area contributed by atoms with Crippen molar-refractivity contribution in [1.82, 2.24) is 4.98 Å². The molecule has 1 aromatic heterocycles. The minimum atomic E-state index is 0.618. The molecule has 0 saturated heterocycles. The molecular formula is C14H18N2. The van der Waals surface area contributed by atoms with Crippen LogP contribution in [0.25, 0.3) is 10.8 Å². The van der Waals surface area contributed by atoms with E-state index >= 15 is 0 Å². The van der Waals surface area contributed by atoms with Gasteiger partial charge >= 0.3 is 0 Å². The summed E-state index contributed by atoms with van der Waals surface area (Å²) in [4.78, 5) is 4.09. The number of hydrogen-bond acceptors (Lipinski definition) is 2. The molecule has 84 valence electrons. The fourth-order valence-corrected chi connectivity index (χ4v) is 1.86. The molecule has 0 atom stereocenters. The lowest BCUT2D eigenvalue weighted by molar-refractivity contribution is 0.587. The van der Waals surface area contributed by atoms with Gasteiger partial charge in [0.15, 0.2) is 0 Å². The molecule has 1 aromatic carbocycles. The lowest BCUT2D eigenvalue weighted by atomic mass is 10.0. The van der Waals surface area contributed by atoms with Gasteiger partial charge in [-0.05, 0) is 35.8 Å². The van der Waals surface area contributed by atoms with Crippen LogP contribution in [-0.4, -0.2) is 4.98 Å². The van der Waals surface area contributed by atoms with Crippen LogP contribution in [0.5, 0.6) is 0 Å². The number of nitrogens with two attached hydrogens (primary N) is 1. The van der Waals surface area contributed by atoms with Gasteiger partial charge in [0.2, 0.25) is 0 Å². The third kappa shape index (κ3) is 2.32. The Morgan fingerprint density at radius 2 is 2.06 bits per heavy atom. The van der Waals surface area contributed by atoms with Gasteiger partial charge in [-0.2, -0.15) is 0 Å². The van der Waals surface area contributed by atoms with Gasteiger partial charge < -0.3 is 5.73 Å². The summed E-state index contributed by atoms with van der Waals surface area (Å²) >= 11 is 0. The molecule has 0 fully saturated rings. The molecule has 0 spiro atoms. The monoisotopic (exact) mass is 214 g/mol. The van der Waals surface area contributed by atoms with E-state index < -0.39 is 0 Å². The van der Waals surface area contributed by atoms with E-state index in [-0.39, 0.29) is 0 Å². The smallest absolute Gasteiger partial charge is 0.131 e. The summed E-state index contributed by atoms with van der Waals surface area (Å²) < 4.78 is 0. The van der Waals surface area contributed by atoms with Crippen LogP contribution < -0.4 is 5.73 Å². The van der Waals surface area contributed by atoms with E-state index in [1.54, 1.807) is 6.20 Å². The van der Waals surface area contributed by atoms with Crippen LogP contribution in [0, 0.1) is 5.92 Å². The van der Waals surface area contributed by atoms with Gasteiger partial charge in [0.1, 0.15) is 5.82 Å². The molecule has 0 unspecified atom stereocenters. The first kappa shape index (κ1) is 10.9. The first-order valence-corrected chi connectivity index (χ1v) is 5.80. The second kappa shape index (κ2) is 4.52. The quantitative estimate of drug-likeness (QED) is 0.850. The zero-order valence-electron chi connectivity index (χ0n) is 9.90. The van der Waals surface area contributed by atoms with E-state index in [0.29, 0.717) is 5.82 Å². The predicted octanol–water partition coefficient (Wildman–Crippen LogP) is 3.41. The summed E-state index contributed by atoms with van der Waals surface area (Å²) in [6.45, 7) is 4.51. The van der Waals surface area contributed by atoms with Crippen molar-refractivity contribution in [1.29, 1.82) is 0 Å². The summed E-state index contributed by atoms with van der Waals surface area (Å²) in [6.07, 6.45) is 4.13. The average molecular weight is 214 g/mol. The Morgan fingerprint density at radius 1 is 1.25 bits per heavy atom. The lowest BCUT2D eigenvalue weighted by Crippen LogP contribution is -1.94. The zero-order chi connectivity index (χ0) is 11.5. The van der Waals surface area contributed by atoms with Crippen LogP contribution in [-0.2, 0) is 6.42 Å². The van der Waals surface area contributed by atoms with Gasteiger partial charge in [0, 0.05) is 11.6 Å². The van der Waals surface area contributed by atoms with Crippen LogP contribution in [0.4, 0.5) is 5.82 Å². The summed E-state index contributed by atoms with van der Waals surface area (Å²) in [5.74, 6) is 1.37. The minimum Gasteiger partial charge on any atom is -0.383 e. The van der Waals surface area contributed by atoms with E-state index in [1.165, 1.54) is 17.4 Å². The largest absolute Gasteiger partial charge is 0.383 e. The second-order valence-electron chi connectivity index (χ2n) is 4.68. The number of aromatic nitrogens is 1. The van der Waals surface area contributed by atoms with Crippen LogP contribution in [0.1, 0.15) is 25.8 Å². The van der Waals surface area contributed by atoms with Gasteiger partial charge in [0.05, 0.1) is 0 Å². The Hall–Kier alpha value is -1.57. The highest BCUT2D eigenvalue weighted by Gasteiger charge is 2.01. The van der Waals surface area contributed by atoms with Crippen LogP contribution in [0.2, 0.25) is 0 Å². The molecule has 2 nitrogen and oxygen atoms in total. The highest BCUT2D eigenvalue weighted by molar-refractivity contribution is 5.91. The summed E-state index contributed by atoms with van der Waals surface area (Å²) in [5.41, 5.74) is 7.20. The van der Waals surface area contributed by atoms with Gasteiger partial charge in [0.25, 0.3) is 0 Å². The van der Waals surface area contributed by atoms with Crippen molar-refractivity contribution in [2.75, 3.05) is 5.73 Å². The average Bonchev–Trinajstić information content (AvgIpc) is 2.26. The molecule has 2 aromatic rings.